The van der Waals surface area contributed by atoms with Gasteiger partial charge in [0.05, 0.1) is 17.8 Å². The van der Waals surface area contributed by atoms with Crippen LogP contribution < -0.4 is 11.3 Å². The lowest BCUT2D eigenvalue weighted by Gasteiger charge is -2.14. The summed E-state index contributed by atoms with van der Waals surface area (Å²) in [6.07, 6.45) is 4.95. The topological polar surface area (TPSA) is 69.0 Å². The van der Waals surface area contributed by atoms with E-state index >= 15 is 0 Å². The Hall–Kier alpha value is -1.59. The van der Waals surface area contributed by atoms with E-state index in [2.05, 4.69) is 35.1 Å². The molecule has 0 bridgehead atoms. The first-order valence-corrected chi connectivity index (χ1v) is 7.24. The second-order valence-electron chi connectivity index (χ2n) is 5.13. The van der Waals surface area contributed by atoms with Gasteiger partial charge in [0.1, 0.15) is 11.5 Å². The maximum atomic E-state index is 5.64. The van der Waals surface area contributed by atoms with Gasteiger partial charge in [-0.1, -0.05) is 13.8 Å². The lowest BCUT2D eigenvalue weighted by Crippen LogP contribution is -2.29. The molecule has 0 aliphatic heterocycles. The number of rotatable bonds is 7. The van der Waals surface area contributed by atoms with Gasteiger partial charge in [0.2, 0.25) is 0 Å². The molecule has 1 atom stereocenters. The number of aryl methyl sites for hydroxylation is 1. The molecule has 5 nitrogen and oxygen atoms in total. The molecule has 0 saturated carbocycles. The van der Waals surface area contributed by atoms with Gasteiger partial charge in [0.15, 0.2) is 0 Å². The molecule has 0 spiro atoms. The van der Waals surface area contributed by atoms with Crippen LogP contribution in [0.5, 0.6) is 0 Å². The third kappa shape index (κ3) is 3.29. The minimum absolute atomic E-state index is 0.0475. The van der Waals surface area contributed by atoms with Crippen LogP contribution >= 0.6 is 0 Å². The van der Waals surface area contributed by atoms with Crippen LogP contribution in [0.25, 0.3) is 0 Å². The van der Waals surface area contributed by atoms with Crippen molar-refractivity contribution in [3.05, 3.63) is 41.6 Å². The molecule has 0 radical (unpaired) electrons. The fourth-order valence-electron chi connectivity index (χ4n) is 2.44. The minimum Gasteiger partial charge on any atom is -0.465 e. The predicted molar refractivity (Wildman–Crippen MR) is 79.1 cm³/mol. The van der Waals surface area contributed by atoms with Crippen molar-refractivity contribution in [1.82, 2.24) is 15.2 Å². The quantitative estimate of drug-likeness (QED) is 0.602. The number of hydrogen-bond donors (Lipinski definition) is 2. The molecule has 5 heteroatoms. The summed E-state index contributed by atoms with van der Waals surface area (Å²) >= 11 is 0. The van der Waals surface area contributed by atoms with Crippen molar-refractivity contribution in [2.45, 2.75) is 52.1 Å². The van der Waals surface area contributed by atoms with Crippen LogP contribution in [0.1, 0.15) is 56.0 Å². The molecule has 0 saturated heterocycles. The van der Waals surface area contributed by atoms with Gasteiger partial charge >= 0.3 is 0 Å². The van der Waals surface area contributed by atoms with Crippen molar-refractivity contribution in [2.75, 3.05) is 0 Å². The summed E-state index contributed by atoms with van der Waals surface area (Å²) in [6, 6.07) is 6.38. The molecule has 3 N–H and O–H groups in total. The van der Waals surface area contributed by atoms with Crippen molar-refractivity contribution in [1.29, 1.82) is 0 Å². The zero-order valence-electron chi connectivity index (χ0n) is 12.5. The smallest absolute Gasteiger partial charge is 0.122 e. The number of nitrogens with zero attached hydrogens (tertiary/aromatic N) is 2. The Morgan fingerprint density at radius 1 is 1.30 bits per heavy atom. The van der Waals surface area contributed by atoms with Crippen molar-refractivity contribution in [3.8, 4) is 0 Å². The van der Waals surface area contributed by atoms with Crippen LogP contribution in [0.2, 0.25) is 0 Å². The monoisotopic (exact) mass is 276 g/mol. The summed E-state index contributed by atoms with van der Waals surface area (Å²) in [7, 11) is 0. The number of aromatic nitrogens is 2. The van der Waals surface area contributed by atoms with Gasteiger partial charge in [-0.25, -0.2) is 5.43 Å². The average molecular weight is 276 g/mol. The summed E-state index contributed by atoms with van der Waals surface area (Å²) in [6.45, 7) is 6.30. The van der Waals surface area contributed by atoms with E-state index in [0.717, 1.165) is 36.5 Å². The van der Waals surface area contributed by atoms with Gasteiger partial charge in [0.25, 0.3) is 0 Å². The zero-order chi connectivity index (χ0) is 14.5. The van der Waals surface area contributed by atoms with Gasteiger partial charge < -0.3 is 4.42 Å². The molecule has 0 aliphatic carbocycles. The number of furan rings is 1. The maximum Gasteiger partial charge on any atom is 0.122 e. The molecule has 20 heavy (non-hydrogen) atoms. The van der Waals surface area contributed by atoms with E-state index in [1.165, 1.54) is 0 Å². The molecule has 0 aliphatic rings. The Kier molecular flexibility index (Phi) is 4.98. The molecule has 2 aromatic rings. The highest BCUT2D eigenvalue weighted by molar-refractivity contribution is 5.13. The van der Waals surface area contributed by atoms with Crippen LogP contribution in [0.15, 0.2) is 28.8 Å². The fraction of sp³-hybridized carbons (Fsp3) is 0.533. The van der Waals surface area contributed by atoms with E-state index in [0.29, 0.717) is 6.04 Å². The van der Waals surface area contributed by atoms with E-state index in [4.69, 9.17) is 10.3 Å². The van der Waals surface area contributed by atoms with Crippen LogP contribution in [0, 0.1) is 6.92 Å². The largest absolute Gasteiger partial charge is 0.465 e. The second kappa shape index (κ2) is 6.72. The van der Waals surface area contributed by atoms with Crippen LogP contribution in [0.3, 0.4) is 0 Å². The van der Waals surface area contributed by atoms with Crippen molar-refractivity contribution in [3.63, 3.8) is 0 Å². The first-order valence-electron chi connectivity index (χ1n) is 7.24. The molecule has 0 amide bonds. The van der Waals surface area contributed by atoms with E-state index in [9.17, 15) is 0 Å². The first-order chi connectivity index (χ1) is 9.67. The highest BCUT2D eigenvalue weighted by Gasteiger charge is 2.16. The van der Waals surface area contributed by atoms with Gasteiger partial charge in [-0.2, -0.15) is 5.10 Å². The highest BCUT2D eigenvalue weighted by Crippen LogP contribution is 2.21. The second-order valence-corrected chi connectivity index (χ2v) is 5.13. The molecular weight excluding hydrogens is 252 g/mol. The van der Waals surface area contributed by atoms with Crippen LogP contribution in [-0.2, 0) is 6.42 Å². The van der Waals surface area contributed by atoms with Gasteiger partial charge in [0, 0.05) is 12.6 Å². The molecule has 0 aromatic carbocycles. The minimum atomic E-state index is -0.0475. The van der Waals surface area contributed by atoms with E-state index in [1.54, 1.807) is 0 Å². The van der Waals surface area contributed by atoms with Crippen LogP contribution in [-0.4, -0.2) is 9.78 Å². The number of hydrazine groups is 1. The standard InChI is InChI=1S/C15H24N4O/c1-4-13(5-2)19-9-8-12(18-19)10-14(17-16)15-7-6-11(3)20-15/h6-9,13-14,17H,4-5,10,16H2,1-3H3. The third-order valence-corrected chi connectivity index (χ3v) is 3.70. The normalized spacial score (nSPS) is 13.1. The van der Waals surface area contributed by atoms with Gasteiger partial charge in [-0.05, 0) is 38.0 Å². The summed E-state index contributed by atoms with van der Waals surface area (Å²) in [5, 5.41) is 4.65. The SMILES string of the molecule is CCC(CC)n1ccc(CC(NN)c2ccc(C)o2)n1. The molecule has 1 unspecified atom stereocenters. The average Bonchev–Trinajstić information content (AvgIpc) is 3.07. The van der Waals surface area contributed by atoms with E-state index in [-0.39, 0.29) is 6.04 Å². The predicted octanol–water partition coefficient (Wildman–Crippen LogP) is 2.89. The van der Waals surface area contributed by atoms with Crippen LogP contribution in [0.4, 0.5) is 0 Å². The molecule has 0 fully saturated rings. The lowest BCUT2D eigenvalue weighted by molar-refractivity contribution is 0.394. The molecular formula is C15H24N4O. The van der Waals surface area contributed by atoms with Crippen molar-refractivity contribution < 1.29 is 4.42 Å². The Labute approximate surface area is 120 Å². The van der Waals surface area contributed by atoms with E-state index in [1.807, 2.05) is 25.3 Å². The van der Waals surface area contributed by atoms with Gasteiger partial charge in [-0.15, -0.1) is 0 Å². The van der Waals surface area contributed by atoms with E-state index < -0.39 is 0 Å². The van der Waals surface area contributed by atoms with Crippen molar-refractivity contribution in [2.24, 2.45) is 5.84 Å². The number of nitrogens with one attached hydrogen (secondary N) is 1. The molecule has 2 heterocycles. The molecule has 110 valence electrons. The fourth-order valence-corrected chi connectivity index (χ4v) is 2.44. The maximum absolute atomic E-state index is 5.64. The Bertz CT molecular complexity index is 527. The summed E-state index contributed by atoms with van der Waals surface area (Å²) < 4.78 is 7.68. The van der Waals surface area contributed by atoms with Crippen molar-refractivity contribution >= 4 is 0 Å². The Morgan fingerprint density at radius 2 is 2.05 bits per heavy atom. The third-order valence-electron chi connectivity index (χ3n) is 3.70. The Balaban J connectivity index is 2.08. The lowest BCUT2D eigenvalue weighted by atomic mass is 10.1. The molecule has 2 rings (SSSR count). The Morgan fingerprint density at radius 3 is 2.60 bits per heavy atom. The summed E-state index contributed by atoms with van der Waals surface area (Å²) in [5.74, 6) is 7.38. The van der Waals surface area contributed by atoms with Gasteiger partial charge in [-0.3, -0.25) is 10.5 Å². The zero-order valence-corrected chi connectivity index (χ0v) is 12.5. The molecule has 2 aromatic heterocycles. The first kappa shape index (κ1) is 14.8. The number of hydrogen-bond acceptors (Lipinski definition) is 4. The number of nitrogens with two attached hydrogens (primary N) is 1. The highest BCUT2D eigenvalue weighted by atomic mass is 16.3. The summed E-state index contributed by atoms with van der Waals surface area (Å²) in [4.78, 5) is 0. The summed E-state index contributed by atoms with van der Waals surface area (Å²) in [5.41, 5.74) is 3.83.